The van der Waals surface area contributed by atoms with Crippen LogP contribution in [0, 0.1) is 13.8 Å². The number of aromatic amines is 2. The van der Waals surface area contributed by atoms with Crippen molar-refractivity contribution in [1.29, 1.82) is 0 Å². The Balaban J connectivity index is 1.75. The molecule has 0 aliphatic carbocycles. The smallest absolute Gasteiger partial charge is 0.251 e. The summed E-state index contributed by atoms with van der Waals surface area (Å²) in [7, 11) is 0. The zero-order chi connectivity index (χ0) is 50.7. The monoisotopic (exact) mass is 940 g/mol. The zero-order valence-electron chi connectivity index (χ0n) is 45.9. The van der Waals surface area contributed by atoms with Crippen molar-refractivity contribution < 1.29 is 4.79 Å². The number of carbonyl (C=O) groups is 1. The molecule has 0 saturated heterocycles. The van der Waals surface area contributed by atoms with Crippen molar-refractivity contribution in [2.45, 2.75) is 198 Å². The van der Waals surface area contributed by atoms with E-state index in [4.69, 9.17) is 9.97 Å². The third-order valence-corrected chi connectivity index (χ3v) is 15.1. The second-order valence-corrected chi connectivity index (χ2v) is 22.5. The van der Waals surface area contributed by atoms with Gasteiger partial charge in [0.05, 0.1) is 33.8 Å². The Bertz CT molecular complexity index is 2810. The molecule has 0 unspecified atom stereocenters. The molecule has 1 amide bonds. The summed E-state index contributed by atoms with van der Waals surface area (Å²) < 4.78 is 0. The number of hydrogen-bond donors (Lipinski definition) is 3. The van der Waals surface area contributed by atoms with Crippen LogP contribution in [0.2, 0.25) is 0 Å². The molecule has 3 aromatic heterocycles. The molecule has 2 aromatic carbocycles. The highest BCUT2D eigenvalue weighted by Crippen LogP contribution is 2.46. The maximum atomic E-state index is 13.2. The molecular formula is C64H85N5O. The van der Waals surface area contributed by atoms with Crippen LogP contribution in [0.25, 0.3) is 66.6 Å². The predicted octanol–water partition coefficient (Wildman–Crippen LogP) is 17.9. The van der Waals surface area contributed by atoms with E-state index in [-0.39, 0.29) is 16.7 Å². The summed E-state index contributed by atoms with van der Waals surface area (Å²) in [6.07, 6.45) is 13.5. The highest BCUT2D eigenvalue weighted by molar-refractivity contribution is 6.04. The number of nitrogens with one attached hydrogen (secondary N) is 3. The molecule has 0 radical (unpaired) electrons. The van der Waals surface area contributed by atoms with Gasteiger partial charge in [0.15, 0.2) is 0 Å². The Hall–Kier alpha value is -5.49. The Kier molecular flexibility index (Phi) is 16.4. The molecule has 2 aliphatic heterocycles. The molecule has 0 spiro atoms. The van der Waals surface area contributed by atoms with E-state index in [2.05, 4.69) is 162 Å². The number of amides is 1. The molecule has 7 rings (SSSR count). The standard InChI is InChI=1S/C64H85N5O/c1-16-21-25-48-39(6)58-56(43-29-31-44(32-30-43)62(70)65-33-20-5)59-40(7)49(26-22-17-2)53(67-59)38-55-51(28-24-19-4)42(9)61(69-55)57(45-34-46(63(10,11)12)36-47(35-45)64(13,14)15)60-41(8)50(27-23-18-3)54(68-60)37-52(48)66-58/h29-32,34-38,68-69H,16-28,33H2,1-15H3,(H,65,70). The number of fused-ring (bicyclic) bond motifs is 8. The van der Waals surface area contributed by atoms with Crippen molar-refractivity contribution in [1.82, 2.24) is 25.3 Å². The minimum Gasteiger partial charge on any atom is -0.354 e. The topological polar surface area (TPSA) is 86.5 Å². The lowest BCUT2D eigenvalue weighted by Crippen LogP contribution is -2.23. The number of rotatable bonds is 17. The molecule has 5 heterocycles. The van der Waals surface area contributed by atoms with Gasteiger partial charge in [-0.2, -0.15) is 0 Å². The number of hydrogen-bond acceptors (Lipinski definition) is 3. The summed E-state index contributed by atoms with van der Waals surface area (Å²) in [6, 6.07) is 20.3. The Morgan fingerprint density at radius 2 is 0.957 bits per heavy atom. The summed E-state index contributed by atoms with van der Waals surface area (Å²) in [5.74, 6) is -0.0463. The molecule has 0 atom stereocenters. The molecule has 70 heavy (non-hydrogen) atoms. The zero-order valence-corrected chi connectivity index (χ0v) is 45.9. The van der Waals surface area contributed by atoms with E-state index in [1.807, 2.05) is 12.1 Å². The van der Waals surface area contributed by atoms with E-state index in [0.717, 1.165) is 128 Å². The summed E-state index contributed by atoms with van der Waals surface area (Å²) >= 11 is 0. The van der Waals surface area contributed by atoms with Gasteiger partial charge in [0, 0.05) is 34.3 Å². The molecule has 372 valence electrons. The first-order valence-electron chi connectivity index (χ1n) is 27.1. The van der Waals surface area contributed by atoms with Crippen LogP contribution >= 0.6 is 0 Å². The number of aryl methyl sites for hydroxylation is 4. The first kappa shape index (κ1) is 52.3. The number of nitrogens with zero attached hydrogens (tertiary/aromatic N) is 2. The quantitative estimate of drug-likeness (QED) is 0.0868. The molecule has 5 aromatic rings. The predicted molar refractivity (Wildman–Crippen MR) is 303 cm³/mol. The van der Waals surface area contributed by atoms with Crippen LogP contribution in [0.3, 0.4) is 0 Å². The van der Waals surface area contributed by atoms with Gasteiger partial charge in [0.2, 0.25) is 0 Å². The second kappa shape index (κ2) is 21.9. The fourth-order valence-corrected chi connectivity index (χ4v) is 10.5. The Morgan fingerprint density at radius 1 is 0.529 bits per heavy atom. The van der Waals surface area contributed by atoms with Gasteiger partial charge >= 0.3 is 0 Å². The number of H-pyrrole nitrogens is 2. The van der Waals surface area contributed by atoms with Crippen LogP contribution in [0.4, 0.5) is 0 Å². The van der Waals surface area contributed by atoms with Gasteiger partial charge in [-0.15, -0.1) is 0 Å². The molecule has 0 fully saturated rings. The maximum Gasteiger partial charge on any atom is 0.251 e. The third-order valence-electron chi connectivity index (χ3n) is 15.1. The van der Waals surface area contributed by atoms with E-state index >= 15 is 0 Å². The Labute approximate surface area is 421 Å². The number of unbranched alkanes of at least 4 members (excludes halogenated alkanes) is 4. The number of carbonyl (C=O) groups excluding carboxylic acids is 1. The van der Waals surface area contributed by atoms with Gasteiger partial charge < -0.3 is 15.3 Å². The van der Waals surface area contributed by atoms with E-state index in [1.54, 1.807) is 0 Å². The van der Waals surface area contributed by atoms with Crippen molar-refractivity contribution in [2.24, 2.45) is 0 Å². The summed E-state index contributed by atoms with van der Waals surface area (Å²) in [5.41, 5.74) is 26.8. The van der Waals surface area contributed by atoms with Crippen molar-refractivity contribution in [3.63, 3.8) is 0 Å². The number of benzene rings is 2. The van der Waals surface area contributed by atoms with Crippen LogP contribution in [-0.2, 0) is 23.7 Å². The fraction of sp³-hybridized carbons (Fsp3) is 0.484. The third kappa shape index (κ3) is 10.7. The van der Waals surface area contributed by atoms with Crippen LogP contribution in [0.5, 0.6) is 0 Å². The van der Waals surface area contributed by atoms with Crippen molar-refractivity contribution in [2.75, 3.05) is 6.54 Å². The minimum absolute atomic E-state index is 0.0463. The van der Waals surface area contributed by atoms with Crippen LogP contribution in [0.15, 0.2) is 54.6 Å². The maximum absolute atomic E-state index is 13.2. The van der Waals surface area contributed by atoms with Crippen LogP contribution in [0.1, 0.15) is 227 Å². The van der Waals surface area contributed by atoms with Crippen molar-refractivity contribution in [3.8, 4) is 22.3 Å². The summed E-state index contributed by atoms with van der Waals surface area (Å²) in [6.45, 7) is 35.2. The highest BCUT2D eigenvalue weighted by Gasteiger charge is 2.29. The molecular weight excluding hydrogens is 855 g/mol. The van der Waals surface area contributed by atoms with Gasteiger partial charge in [0.25, 0.3) is 5.91 Å². The molecule has 2 aliphatic rings. The molecule has 6 nitrogen and oxygen atoms in total. The average Bonchev–Trinajstić information content (AvgIpc) is 4.00. The van der Waals surface area contributed by atoms with Crippen molar-refractivity contribution >= 4 is 50.3 Å². The van der Waals surface area contributed by atoms with Gasteiger partial charge in [0.1, 0.15) is 0 Å². The first-order valence-corrected chi connectivity index (χ1v) is 27.1. The highest BCUT2D eigenvalue weighted by atomic mass is 16.1. The van der Waals surface area contributed by atoms with Crippen LogP contribution in [-0.4, -0.2) is 32.4 Å². The lowest BCUT2D eigenvalue weighted by Gasteiger charge is -2.26. The largest absolute Gasteiger partial charge is 0.354 e. The summed E-state index contributed by atoms with van der Waals surface area (Å²) in [4.78, 5) is 33.2. The first-order chi connectivity index (χ1) is 33.4. The van der Waals surface area contributed by atoms with Gasteiger partial charge in [-0.25, -0.2) is 9.97 Å². The lowest BCUT2D eigenvalue weighted by atomic mass is 9.78. The van der Waals surface area contributed by atoms with E-state index in [1.165, 1.54) is 77.8 Å². The van der Waals surface area contributed by atoms with Gasteiger partial charge in [-0.3, -0.25) is 4.79 Å². The molecule has 3 N–H and O–H groups in total. The fourth-order valence-electron chi connectivity index (χ4n) is 10.5. The average molecular weight is 940 g/mol. The molecule has 8 bridgehead atoms. The van der Waals surface area contributed by atoms with Crippen molar-refractivity contribution in [3.05, 3.63) is 116 Å². The Morgan fingerprint density at radius 3 is 1.36 bits per heavy atom. The normalized spacial score (nSPS) is 13.2. The van der Waals surface area contributed by atoms with Crippen LogP contribution < -0.4 is 5.32 Å². The number of aromatic nitrogens is 4. The SMILES string of the molecule is CCCCC1=C(C)c2nc1cc1[nH]c(c(C)c1CCCC)c(-c1cc(C(C)(C)C)cc(C(C)(C)C)c1)c1[nH]c(cc3nc(c2-c2ccc(C(=O)NCCC)cc2)C(C)=C3CCCC)c(CCCC)c1C. The number of allylic oxidation sites excluding steroid dienone is 4. The lowest BCUT2D eigenvalue weighted by molar-refractivity contribution is 0.0953. The van der Waals surface area contributed by atoms with Gasteiger partial charge in [-0.1, -0.05) is 132 Å². The van der Waals surface area contributed by atoms with Gasteiger partial charge in [-0.05, 0) is 187 Å². The molecule has 0 saturated carbocycles. The van der Waals surface area contributed by atoms with E-state index in [0.29, 0.717) is 12.1 Å². The van der Waals surface area contributed by atoms with E-state index < -0.39 is 0 Å². The minimum atomic E-state index is -0.0517. The summed E-state index contributed by atoms with van der Waals surface area (Å²) in [5, 5.41) is 3.07. The van der Waals surface area contributed by atoms with E-state index in [9.17, 15) is 4.79 Å². The molecule has 6 heteroatoms. The second-order valence-electron chi connectivity index (χ2n) is 22.5.